The Bertz CT molecular complexity index is 811. The van der Waals surface area contributed by atoms with Gasteiger partial charge in [0.1, 0.15) is 17.2 Å². The Morgan fingerprint density at radius 1 is 1.26 bits per heavy atom. The first-order chi connectivity index (χ1) is 10.8. The van der Waals surface area contributed by atoms with Crippen LogP contribution in [-0.2, 0) is 16.9 Å². The fourth-order valence-electron chi connectivity index (χ4n) is 2.50. The summed E-state index contributed by atoms with van der Waals surface area (Å²) in [5, 5.41) is 2.47. The van der Waals surface area contributed by atoms with E-state index in [2.05, 4.69) is 21.2 Å². The van der Waals surface area contributed by atoms with Crippen LogP contribution < -0.4 is 5.32 Å². The third-order valence-electron chi connectivity index (χ3n) is 3.68. The molecule has 2 aromatic rings. The molecule has 120 valence electrons. The highest BCUT2D eigenvalue weighted by atomic mass is 79.9. The number of rotatable bonds is 3. The Kier molecular flexibility index (Phi) is 3.97. The maximum atomic E-state index is 14.0. The summed E-state index contributed by atoms with van der Waals surface area (Å²) < 4.78 is 28.3. The number of amides is 3. The van der Waals surface area contributed by atoms with Gasteiger partial charge in [-0.05, 0) is 53.2 Å². The van der Waals surface area contributed by atoms with E-state index in [0.717, 1.165) is 31.8 Å². The van der Waals surface area contributed by atoms with Gasteiger partial charge in [0.2, 0.25) is 0 Å². The van der Waals surface area contributed by atoms with Crippen LogP contribution in [0, 0.1) is 11.6 Å². The highest BCUT2D eigenvalue weighted by Gasteiger charge is 2.50. The number of carbonyl (C=O) groups excluding carboxylic acids is 2. The summed E-state index contributed by atoms with van der Waals surface area (Å²) in [6.07, 6.45) is 0. The van der Waals surface area contributed by atoms with Crippen molar-refractivity contribution in [2.45, 2.75) is 19.0 Å². The van der Waals surface area contributed by atoms with Crippen molar-refractivity contribution < 1.29 is 18.4 Å². The van der Waals surface area contributed by atoms with Gasteiger partial charge in [0.05, 0.1) is 10.3 Å². The molecule has 23 heavy (non-hydrogen) atoms. The lowest BCUT2D eigenvalue weighted by molar-refractivity contribution is -0.131. The van der Waals surface area contributed by atoms with E-state index in [1.54, 1.807) is 6.07 Å². The first-order valence-corrected chi connectivity index (χ1v) is 8.26. The SMILES string of the molecule is CC1(c2cc(F)ccc2F)NC(=O)N(Cc2ccc(Br)s2)C1=O. The zero-order valence-corrected chi connectivity index (χ0v) is 14.3. The van der Waals surface area contributed by atoms with Crippen molar-refractivity contribution in [3.05, 3.63) is 56.2 Å². The van der Waals surface area contributed by atoms with Crippen LogP contribution in [-0.4, -0.2) is 16.8 Å². The van der Waals surface area contributed by atoms with Crippen molar-refractivity contribution >= 4 is 39.2 Å². The summed E-state index contributed by atoms with van der Waals surface area (Å²) in [5.41, 5.74) is -1.82. The second-order valence-electron chi connectivity index (χ2n) is 5.28. The van der Waals surface area contributed by atoms with Crippen molar-refractivity contribution in [3.8, 4) is 0 Å². The molecule has 3 amide bonds. The van der Waals surface area contributed by atoms with Crippen LogP contribution in [0.1, 0.15) is 17.4 Å². The third kappa shape index (κ3) is 2.76. The Morgan fingerprint density at radius 3 is 2.65 bits per heavy atom. The van der Waals surface area contributed by atoms with Gasteiger partial charge in [0, 0.05) is 10.4 Å². The van der Waals surface area contributed by atoms with Gasteiger partial charge in [-0.2, -0.15) is 0 Å². The number of halogens is 3. The van der Waals surface area contributed by atoms with Gasteiger partial charge in [0.15, 0.2) is 0 Å². The average molecular weight is 401 g/mol. The van der Waals surface area contributed by atoms with Gasteiger partial charge in [-0.1, -0.05) is 0 Å². The van der Waals surface area contributed by atoms with E-state index in [-0.39, 0.29) is 12.1 Å². The van der Waals surface area contributed by atoms with E-state index >= 15 is 0 Å². The second kappa shape index (κ2) is 5.68. The summed E-state index contributed by atoms with van der Waals surface area (Å²) in [7, 11) is 0. The second-order valence-corrected chi connectivity index (χ2v) is 7.82. The zero-order chi connectivity index (χ0) is 16.8. The summed E-state index contributed by atoms with van der Waals surface area (Å²) in [6, 6.07) is 5.79. The minimum absolute atomic E-state index is 0.0768. The predicted octanol–water partition coefficient (Wildman–Crippen LogP) is 3.76. The van der Waals surface area contributed by atoms with E-state index in [1.165, 1.54) is 18.3 Å². The number of carbonyl (C=O) groups is 2. The van der Waals surface area contributed by atoms with Crippen LogP contribution in [0.2, 0.25) is 0 Å². The van der Waals surface area contributed by atoms with E-state index in [9.17, 15) is 18.4 Å². The number of hydrogen-bond donors (Lipinski definition) is 1. The molecule has 1 atom stereocenters. The quantitative estimate of drug-likeness (QED) is 0.797. The Balaban J connectivity index is 1.95. The Labute approximate surface area is 143 Å². The average Bonchev–Trinajstić information content (AvgIpc) is 2.99. The lowest BCUT2D eigenvalue weighted by Crippen LogP contribution is -2.41. The van der Waals surface area contributed by atoms with E-state index in [4.69, 9.17) is 0 Å². The maximum absolute atomic E-state index is 14.0. The van der Waals surface area contributed by atoms with Crippen LogP contribution in [0.25, 0.3) is 0 Å². The normalized spacial score (nSPS) is 21.0. The highest BCUT2D eigenvalue weighted by molar-refractivity contribution is 9.11. The fraction of sp³-hybridized carbons (Fsp3) is 0.200. The van der Waals surface area contributed by atoms with Gasteiger partial charge in [0.25, 0.3) is 5.91 Å². The van der Waals surface area contributed by atoms with Crippen LogP contribution in [0.4, 0.5) is 13.6 Å². The number of urea groups is 1. The molecule has 0 spiro atoms. The van der Waals surface area contributed by atoms with Gasteiger partial charge in [-0.15, -0.1) is 11.3 Å². The van der Waals surface area contributed by atoms with Gasteiger partial charge >= 0.3 is 6.03 Å². The Morgan fingerprint density at radius 2 is 2.00 bits per heavy atom. The lowest BCUT2D eigenvalue weighted by Gasteiger charge is -2.22. The molecule has 1 saturated heterocycles. The van der Waals surface area contributed by atoms with Gasteiger partial charge in [-0.25, -0.2) is 13.6 Å². The molecule has 0 radical (unpaired) electrons. The molecule has 3 rings (SSSR count). The van der Waals surface area contributed by atoms with E-state index in [0.29, 0.717) is 0 Å². The van der Waals surface area contributed by atoms with Crippen molar-refractivity contribution in [3.63, 3.8) is 0 Å². The number of nitrogens with zero attached hydrogens (tertiary/aromatic N) is 1. The van der Waals surface area contributed by atoms with Crippen molar-refractivity contribution in [1.29, 1.82) is 0 Å². The summed E-state index contributed by atoms with van der Waals surface area (Å²) >= 11 is 4.70. The highest BCUT2D eigenvalue weighted by Crippen LogP contribution is 2.33. The first-order valence-electron chi connectivity index (χ1n) is 6.65. The number of imide groups is 1. The molecular formula is C15H11BrF2N2O2S. The lowest BCUT2D eigenvalue weighted by atomic mass is 9.91. The predicted molar refractivity (Wildman–Crippen MR) is 84.8 cm³/mol. The van der Waals surface area contributed by atoms with Crippen LogP contribution in [0.15, 0.2) is 34.1 Å². The van der Waals surface area contributed by atoms with E-state index < -0.39 is 29.1 Å². The molecule has 2 heterocycles. The number of hydrogen-bond acceptors (Lipinski definition) is 3. The summed E-state index contributed by atoms with van der Waals surface area (Å²) in [4.78, 5) is 26.6. The molecule has 0 aliphatic carbocycles. The van der Waals surface area contributed by atoms with Crippen LogP contribution in [0.5, 0.6) is 0 Å². The minimum atomic E-state index is -1.63. The zero-order valence-electron chi connectivity index (χ0n) is 11.9. The molecule has 1 N–H and O–H groups in total. The van der Waals surface area contributed by atoms with Crippen molar-refractivity contribution in [2.24, 2.45) is 0 Å². The van der Waals surface area contributed by atoms with Crippen LogP contribution in [0.3, 0.4) is 0 Å². The molecule has 8 heteroatoms. The Hall–Kier alpha value is -1.80. The van der Waals surface area contributed by atoms with Crippen molar-refractivity contribution in [2.75, 3.05) is 0 Å². The smallest absolute Gasteiger partial charge is 0.319 e. The van der Waals surface area contributed by atoms with Gasteiger partial charge < -0.3 is 5.32 Å². The van der Waals surface area contributed by atoms with Gasteiger partial charge in [-0.3, -0.25) is 9.69 Å². The molecule has 4 nitrogen and oxygen atoms in total. The molecule has 1 fully saturated rings. The molecule has 0 saturated carbocycles. The number of thiophene rings is 1. The standard InChI is InChI=1S/C15H11BrF2N2O2S/c1-15(10-6-8(17)2-4-11(10)18)13(21)20(14(22)19-15)7-9-3-5-12(16)23-9/h2-6H,7H2,1H3,(H,19,22). The van der Waals surface area contributed by atoms with Crippen LogP contribution >= 0.6 is 27.3 Å². The molecule has 1 unspecified atom stereocenters. The molecular weight excluding hydrogens is 390 g/mol. The topological polar surface area (TPSA) is 49.4 Å². The maximum Gasteiger partial charge on any atom is 0.325 e. The fourth-order valence-corrected chi connectivity index (χ4v) is 3.97. The first kappa shape index (κ1) is 16.1. The third-order valence-corrected chi connectivity index (χ3v) is 5.29. The van der Waals surface area contributed by atoms with Crippen molar-refractivity contribution in [1.82, 2.24) is 10.2 Å². The van der Waals surface area contributed by atoms with E-state index in [1.807, 2.05) is 6.07 Å². The molecule has 1 aromatic heterocycles. The monoisotopic (exact) mass is 400 g/mol. The molecule has 0 bridgehead atoms. The number of benzene rings is 1. The summed E-state index contributed by atoms with van der Waals surface area (Å²) in [6.45, 7) is 1.45. The molecule has 1 aliphatic heterocycles. The minimum Gasteiger partial charge on any atom is -0.319 e. The number of nitrogens with one attached hydrogen (secondary N) is 1. The molecule has 1 aromatic carbocycles. The largest absolute Gasteiger partial charge is 0.325 e. The molecule has 1 aliphatic rings. The summed E-state index contributed by atoms with van der Waals surface area (Å²) in [5.74, 6) is -2.04.